The number of fused-ring (bicyclic) bond motifs is 5. The van der Waals surface area contributed by atoms with Gasteiger partial charge < -0.3 is 0 Å². The van der Waals surface area contributed by atoms with Crippen molar-refractivity contribution in [3.63, 3.8) is 0 Å². The molecule has 2 heterocycles. The summed E-state index contributed by atoms with van der Waals surface area (Å²) in [6, 6.07) is 12.7. The minimum atomic E-state index is 0.917. The summed E-state index contributed by atoms with van der Waals surface area (Å²) in [4.78, 5) is 9.80. The SMILES string of the molecule is C=CCC=C.CCCc1nc2ccccc2c2nc3cc(C)c(C)cc3n12. The van der Waals surface area contributed by atoms with Gasteiger partial charge in [0.1, 0.15) is 11.5 Å². The van der Waals surface area contributed by atoms with Crippen molar-refractivity contribution in [3.05, 3.63) is 78.7 Å². The van der Waals surface area contributed by atoms with Crippen molar-refractivity contribution in [2.45, 2.75) is 40.0 Å². The van der Waals surface area contributed by atoms with Crippen LogP contribution in [0, 0.1) is 13.8 Å². The maximum absolute atomic E-state index is 4.91. The molecule has 0 aliphatic rings. The van der Waals surface area contributed by atoms with Gasteiger partial charge in [-0.3, -0.25) is 4.40 Å². The van der Waals surface area contributed by atoms with Gasteiger partial charge >= 0.3 is 0 Å². The largest absolute Gasteiger partial charge is 0.280 e. The Bertz CT molecular complexity index is 1110. The summed E-state index contributed by atoms with van der Waals surface area (Å²) >= 11 is 0. The maximum atomic E-state index is 4.91. The van der Waals surface area contributed by atoms with Gasteiger partial charge in [-0.1, -0.05) is 31.2 Å². The van der Waals surface area contributed by atoms with Crippen molar-refractivity contribution in [1.82, 2.24) is 14.4 Å². The summed E-state index contributed by atoms with van der Waals surface area (Å²) in [7, 11) is 0. The molecule has 0 atom stereocenters. The molecule has 0 N–H and O–H groups in total. The van der Waals surface area contributed by atoms with Gasteiger partial charge in [0, 0.05) is 11.8 Å². The van der Waals surface area contributed by atoms with Crippen molar-refractivity contribution in [1.29, 1.82) is 0 Å². The Hall–Kier alpha value is -2.94. The molecule has 4 rings (SSSR count). The van der Waals surface area contributed by atoms with E-state index in [1.807, 2.05) is 18.2 Å². The predicted octanol–water partition coefficient (Wildman–Crippen LogP) is 6.35. The Morgan fingerprint density at radius 3 is 2.33 bits per heavy atom. The molecular formula is C24H27N3. The Labute approximate surface area is 161 Å². The summed E-state index contributed by atoms with van der Waals surface area (Å²) in [5.41, 5.74) is 6.85. The molecule has 0 aliphatic heterocycles. The number of aryl methyl sites for hydroxylation is 3. The van der Waals surface area contributed by atoms with Crippen LogP contribution in [0.25, 0.3) is 27.6 Å². The van der Waals surface area contributed by atoms with Crippen LogP contribution in [0.15, 0.2) is 61.7 Å². The van der Waals surface area contributed by atoms with E-state index >= 15 is 0 Å². The number of hydrogen-bond acceptors (Lipinski definition) is 2. The third kappa shape index (κ3) is 3.63. The highest BCUT2D eigenvalue weighted by atomic mass is 15.1. The average Bonchev–Trinajstić information content (AvgIpc) is 3.02. The second-order valence-corrected chi connectivity index (χ2v) is 6.80. The van der Waals surface area contributed by atoms with E-state index < -0.39 is 0 Å². The second kappa shape index (κ2) is 8.17. The number of allylic oxidation sites excluding steroid dienone is 2. The van der Waals surface area contributed by atoms with Crippen LogP contribution in [-0.4, -0.2) is 14.4 Å². The van der Waals surface area contributed by atoms with Crippen molar-refractivity contribution in [2.24, 2.45) is 0 Å². The number of benzene rings is 2. The standard InChI is InChI=1S/C19H19N3.C5H8/c1-4-7-18-20-15-9-6-5-8-14(15)19-21-16-10-12(2)13(3)11-17(16)22(18)19;1-3-5-4-2/h5-6,8-11H,4,7H2,1-3H3;3-4H,1-2,5H2. The van der Waals surface area contributed by atoms with Crippen LogP contribution in [0.3, 0.4) is 0 Å². The zero-order valence-electron chi connectivity index (χ0n) is 16.5. The lowest BCUT2D eigenvalue weighted by molar-refractivity contribution is 0.829. The first-order chi connectivity index (χ1) is 13.1. The molecule has 0 radical (unpaired) electrons. The molecule has 2 aromatic carbocycles. The van der Waals surface area contributed by atoms with Crippen LogP contribution in [-0.2, 0) is 6.42 Å². The van der Waals surface area contributed by atoms with Crippen molar-refractivity contribution < 1.29 is 0 Å². The second-order valence-electron chi connectivity index (χ2n) is 6.80. The molecule has 0 amide bonds. The Kier molecular flexibility index (Phi) is 5.70. The lowest BCUT2D eigenvalue weighted by Gasteiger charge is -2.08. The summed E-state index contributed by atoms with van der Waals surface area (Å²) in [5, 5.41) is 1.12. The number of para-hydroxylation sites is 1. The van der Waals surface area contributed by atoms with Crippen LogP contribution in [0.5, 0.6) is 0 Å². The number of aromatic nitrogens is 3. The molecule has 27 heavy (non-hydrogen) atoms. The Balaban J connectivity index is 0.000000376. The van der Waals surface area contributed by atoms with E-state index in [4.69, 9.17) is 9.97 Å². The van der Waals surface area contributed by atoms with E-state index in [0.717, 1.165) is 47.2 Å². The first-order valence-corrected chi connectivity index (χ1v) is 9.49. The topological polar surface area (TPSA) is 30.2 Å². The molecule has 0 saturated heterocycles. The summed E-state index contributed by atoms with van der Waals surface area (Å²) in [6.07, 6.45) is 6.57. The average molecular weight is 358 g/mol. The minimum absolute atomic E-state index is 0.917. The molecule has 3 nitrogen and oxygen atoms in total. The molecule has 2 aromatic heterocycles. The van der Waals surface area contributed by atoms with Crippen LogP contribution in [0.1, 0.15) is 36.7 Å². The number of rotatable bonds is 4. The van der Waals surface area contributed by atoms with Crippen LogP contribution in [0.2, 0.25) is 0 Å². The minimum Gasteiger partial charge on any atom is -0.280 e. The van der Waals surface area contributed by atoms with Gasteiger partial charge in [-0.05, 0) is 62.1 Å². The fraction of sp³-hybridized carbons (Fsp3) is 0.250. The zero-order valence-corrected chi connectivity index (χ0v) is 16.5. The van der Waals surface area contributed by atoms with E-state index in [0.29, 0.717) is 0 Å². The quantitative estimate of drug-likeness (QED) is 0.398. The van der Waals surface area contributed by atoms with Gasteiger partial charge in [0.15, 0.2) is 0 Å². The van der Waals surface area contributed by atoms with Gasteiger partial charge in [-0.25, -0.2) is 9.97 Å². The van der Waals surface area contributed by atoms with E-state index in [9.17, 15) is 0 Å². The molecule has 0 aliphatic carbocycles. The monoisotopic (exact) mass is 357 g/mol. The fourth-order valence-corrected chi connectivity index (χ4v) is 3.23. The zero-order chi connectivity index (χ0) is 19.4. The molecular weight excluding hydrogens is 330 g/mol. The lowest BCUT2D eigenvalue weighted by Crippen LogP contribution is -2.02. The van der Waals surface area contributed by atoms with Crippen molar-refractivity contribution in [3.8, 4) is 0 Å². The summed E-state index contributed by atoms with van der Waals surface area (Å²) in [5.74, 6) is 1.10. The van der Waals surface area contributed by atoms with Gasteiger partial charge in [0.2, 0.25) is 0 Å². The molecule has 0 unspecified atom stereocenters. The van der Waals surface area contributed by atoms with Gasteiger partial charge in [0.25, 0.3) is 0 Å². The molecule has 0 saturated carbocycles. The van der Waals surface area contributed by atoms with E-state index in [1.165, 1.54) is 16.6 Å². The Morgan fingerprint density at radius 2 is 1.67 bits per heavy atom. The highest BCUT2D eigenvalue weighted by Gasteiger charge is 2.14. The third-order valence-electron chi connectivity index (χ3n) is 4.73. The van der Waals surface area contributed by atoms with Crippen LogP contribution in [0.4, 0.5) is 0 Å². The first kappa shape index (κ1) is 18.8. The van der Waals surface area contributed by atoms with E-state index in [-0.39, 0.29) is 0 Å². The van der Waals surface area contributed by atoms with Crippen molar-refractivity contribution >= 4 is 27.6 Å². The van der Waals surface area contributed by atoms with Gasteiger partial charge in [-0.2, -0.15) is 0 Å². The number of imidazole rings is 1. The first-order valence-electron chi connectivity index (χ1n) is 9.49. The molecule has 3 heteroatoms. The molecule has 0 fully saturated rings. The highest BCUT2D eigenvalue weighted by molar-refractivity contribution is 5.96. The Morgan fingerprint density at radius 1 is 0.963 bits per heavy atom. The molecule has 0 spiro atoms. The van der Waals surface area contributed by atoms with Gasteiger partial charge in [0.05, 0.1) is 16.6 Å². The van der Waals surface area contributed by atoms with E-state index in [2.05, 4.69) is 68.7 Å². The lowest BCUT2D eigenvalue weighted by atomic mass is 10.1. The molecule has 4 aromatic rings. The maximum Gasteiger partial charge on any atom is 0.148 e. The normalized spacial score (nSPS) is 10.8. The fourth-order valence-electron chi connectivity index (χ4n) is 3.23. The summed E-state index contributed by atoms with van der Waals surface area (Å²) < 4.78 is 2.24. The molecule has 138 valence electrons. The smallest absolute Gasteiger partial charge is 0.148 e. The summed E-state index contributed by atoms with van der Waals surface area (Å²) in [6.45, 7) is 13.4. The predicted molar refractivity (Wildman–Crippen MR) is 116 cm³/mol. The molecule has 0 bridgehead atoms. The number of hydrogen-bond donors (Lipinski definition) is 0. The number of nitrogens with zero attached hydrogens (tertiary/aromatic N) is 3. The van der Waals surface area contributed by atoms with Crippen LogP contribution < -0.4 is 0 Å². The van der Waals surface area contributed by atoms with E-state index in [1.54, 1.807) is 0 Å². The van der Waals surface area contributed by atoms with Gasteiger partial charge in [-0.15, -0.1) is 13.2 Å². The third-order valence-corrected chi connectivity index (χ3v) is 4.73. The van der Waals surface area contributed by atoms with Crippen LogP contribution >= 0.6 is 0 Å². The highest BCUT2D eigenvalue weighted by Crippen LogP contribution is 2.27. The van der Waals surface area contributed by atoms with Crippen molar-refractivity contribution in [2.75, 3.05) is 0 Å².